The van der Waals surface area contributed by atoms with E-state index in [2.05, 4.69) is 0 Å². The number of carboxylic acid groups (broad SMARTS) is 1. The van der Waals surface area contributed by atoms with Crippen molar-refractivity contribution >= 4 is 35.1 Å². The lowest BCUT2D eigenvalue weighted by Crippen LogP contribution is -2.49. The van der Waals surface area contributed by atoms with E-state index in [4.69, 9.17) is 23.2 Å². The molecule has 1 aliphatic heterocycles. The molecular weight excluding hydrogens is 421 g/mol. The van der Waals surface area contributed by atoms with Crippen LogP contribution in [0.15, 0.2) is 48.5 Å². The number of amides is 1. The fraction of sp³-hybridized carbons (Fsp3) is 0.417. The van der Waals surface area contributed by atoms with Gasteiger partial charge in [-0.25, -0.2) is 0 Å². The number of carbonyl (C=O) groups excluding carboxylic acids is 1. The van der Waals surface area contributed by atoms with Crippen molar-refractivity contribution in [2.45, 2.75) is 44.1 Å². The fourth-order valence-corrected chi connectivity index (χ4v) is 5.12. The second-order valence-corrected chi connectivity index (χ2v) is 9.35. The molecule has 0 unspecified atom stereocenters. The average molecular weight is 446 g/mol. The number of rotatable bonds is 6. The number of benzene rings is 2. The summed E-state index contributed by atoms with van der Waals surface area (Å²) in [7, 11) is 0. The van der Waals surface area contributed by atoms with Crippen LogP contribution >= 0.6 is 23.2 Å². The summed E-state index contributed by atoms with van der Waals surface area (Å²) in [6.07, 6.45) is 3.75. The van der Waals surface area contributed by atoms with Gasteiger partial charge in [-0.3, -0.25) is 9.59 Å². The van der Waals surface area contributed by atoms with Crippen LogP contribution in [0.25, 0.3) is 0 Å². The molecule has 0 radical (unpaired) electrons. The van der Waals surface area contributed by atoms with Crippen LogP contribution in [0.3, 0.4) is 0 Å². The van der Waals surface area contributed by atoms with Gasteiger partial charge in [0.2, 0.25) is 5.91 Å². The number of carbonyl (C=O) groups is 2. The SMILES string of the molecule is O=C(O)C[C@H]1C[C@H](c2cccc(Cl)c2)[C@@H](c2ccc(Cl)cc2)N(CC2CCC2)C1=O. The van der Waals surface area contributed by atoms with Gasteiger partial charge in [0.25, 0.3) is 0 Å². The summed E-state index contributed by atoms with van der Waals surface area (Å²) in [5, 5.41) is 10.7. The minimum absolute atomic E-state index is 0.0352. The Kier molecular flexibility index (Phi) is 6.35. The molecule has 1 saturated heterocycles. The minimum atomic E-state index is -0.938. The van der Waals surface area contributed by atoms with Crippen molar-refractivity contribution in [3.8, 4) is 0 Å². The molecule has 0 bridgehead atoms. The van der Waals surface area contributed by atoms with Crippen LogP contribution in [-0.4, -0.2) is 28.4 Å². The van der Waals surface area contributed by atoms with Gasteiger partial charge in [0.05, 0.1) is 12.5 Å². The highest BCUT2D eigenvalue weighted by Gasteiger charge is 2.44. The molecule has 3 atom stereocenters. The summed E-state index contributed by atoms with van der Waals surface area (Å²) in [5.74, 6) is -1.08. The number of halogens is 2. The van der Waals surface area contributed by atoms with E-state index in [0.717, 1.165) is 24.0 Å². The van der Waals surface area contributed by atoms with Crippen LogP contribution in [0.4, 0.5) is 0 Å². The molecule has 1 saturated carbocycles. The topological polar surface area (TPSA) is 57.6 Å². The van der Waals surface area contributed by atoms with E-state index in [-0.39, 0.29) is 24.3 Å². The Hall–Kier alpha value is -2.04. The molecule has 4 rings (SSSR count). The number of hydrogen-bond acceptors (Lipinski definition) is 2. The third kappa shape index (κ3) is 4.50. The highest BCUT2D eigenvalue weighted by atomic mass is 35.5. The van der Waals surface area contributed by atoms with Gasteiger partial charge in [-0.15, -0.1) is 0 Å². The van der Waals surface area contributed by atoms with E-state index < -0.39 is 11.9 Å². The largest absolute Gasteiger partial charge is 0.481 e. The molecule has 2 aromatic carbocycles. The number of likely N-dealkylation sites (tertiary alicyclic amines) is 1. The molecule has 1 heterocycles. The van der Waals surface area contributed by atoms with Gasteiger partial charge in [-0.05, 0) is 60.6 Å². The quantitative estimate of drug-likeness (QED) is 0.597. The van der Waals surface area contributed by atoms with Gasteiger partial charge in [0, 0.05) is 28.4 Å². The van der Waals surface area contributed by atoms with Crippen molar-refractivity contribution < 1.29 is 14.7 Å². The van der Waals surface area contributed by atoms with Gasteiger partial charge in [-0.2, -0.15) is 0 Å². The average Bonchev–Trinajstić information content (AvgIpc) is 2.67. The summed E-state index contributed by atoms with van der Waals surface area (Å²) in [6, 6.07) is 15.2. The molecule has 1 aliphatic carbocycles. The van der Waals surface area contributed by atoms with Gasteiger partial charge in [0.1, 0.15) is 0 Å². The van der Waals surface area contributed by atoms with Gasteiger partial charge in [0.15, 0.2) is 0 Å². The first kappa shape index (κ1) is 21.2. The standard InChI is InChI=1S/C24H25Cl2NO3/c25-19-9-7-16(8-10-19)23-21(17-5-2-6-20(26)11-17)12-18(13-22(28)29)24(30)27(23)14-15-3-1-4-15/h2,5-11,15,18,21,23H,1,3-4,12-14H2,(H,28,29)/t18-,21-,23-/m1/s1. The second-order valence-electron chi connectivity index (χ2n) is 8.48. The number of carboxylic acids is 1. The predicted molar refractivity (Wildman–Crippen MR) is 118 cm³/mol. The minimum Gasteiger partial charge on any atom is -0.481 e. The second kappa shape index (κ2) is 8.99. The third-order valence-corrected chi connectivity index (χ3v) is 6.96. The Bertz CT molecular complexity index is 926. The van der Waals surface area contributed by atoms with Crippen molar-refractivity contribution in [1.29, 1.82) is 0 Å². The van der Waals surface area contributed by atoms with Crippen LogP contribution in [-0.2, 0) is 9.59 Å². The molecule has 2 aromatic rings. The van der Waals surface area contributed by atoms with Gasteiger partial charge >= 0.3 is 5.97 Å². The van der Waals surface area contributed by atoms with E-state index in [1.54, 1.807) is 0 Å². The molecular formula is C24H25Cl2NO3. The number of nitrogens with zero attached hydrogens (tertiary/aromatic N) is 1. The fourth-order valence-electron chi connectivity index (χ4n) is 4.79. The van der Waals surface area contributed by atoms with E-state index in [0.29, 0.717) is 28.9 Å². The first-order valence-corrected chi connectivity index (χ1v) is 11.2. The lowest BCUT2D eigenvalue weighted by molar-refractivity contribution is -0.150. The summed E-state index contributed by atoms with van der Waals surface area (Å²) in [4.78, 5) is 26.9. The van der Waals surface area contributed by atoms with Crippen molar-refractivity contribution in [2.24, 2.45) is 11.8 Å². The summed E-state index contributed by atoms with van der Waals surface area (Å²) in [6.45, 7) is 0.666. The van der Waals surface area contributed by atoms with Gasteiger partial charge < -0.3 is 10.0 Å². The van der Waals surface area contributed by atoms with E-state index in [1.165, 1.54) is 6.42 Å². The van der Waals surface area contributed by atoms with Crippen molar-refractivity contribution in [1.82, 2.24) is 4.90 Å². The van der Waals surface area contributed by atoms with Crippen LogP contribution in [0, 0.1) is 11.8 Å². The first-order chi connectivity index (χ1) is 14.4. The predicted octanol–water partition coefficient (Wildman–Crippen LogP) is 5.94. The zero-order valence-corrected chi connectivity index (χ0v) is 18.1. The molecule has 6 heteroatoms. The Morgan fingerprint density at radius 3 is 2.37 bits per heavy atom. The maximum Gasteiger partial charge on any atom is 0.304 e. The Balaban J connectivity index is 1.78. The molecule has 158 valence electrons. The van der Waals surface area contributed by atoms with Crippen LogP contribution in [0.5, 0.6) is 0 Å². The molecule has 1 N–H and O–H groups in total. The van der Waals surface area contributed by atoms with Crippen molar-refractivity contribution in [2.75, 3.05) is 6.54 Å². The molecule has 1 amide bonds. The summed E-state index contributed by atoms with van der Waals surface area (Å²) in [5.41, 5.74) is 2.05. The summed E-state index contributed by atoms with van der Waals surface area (Å²) >= 11 is 12.4. The Morgan fingerprint density at radius 2 is 1.77 bits per heavy atom. The monoisotopic (exact) mass is 445 g/mol. The molecule has 30 heavy (non-hydrogen) atoms. The molecule has 2 fully saturated rings. The van der Waals surface area contributed by atoms with Crippen molar-refractivity contribution in [3.63, 3.8) is 0 Å². The van der Waals surface area contributed by atoms with Crippen LogP contribution in [0.2, 0.25) is 10.0 Å². The zero-order valence-electron chi connectivity index (χ0n) is 16.6. The van der Waals surface area contributed by atoms with Crippen LogP contribution < -0.4 is 0 Å². The van der Waals surface area contributed by atoms with Crippen LogP contribution in [0.1, 0.15) is 55.2 Å². The smallest absolute Gasteiger partial charge is 0.304 e. The Labute approximate surface area is 186 Å². The third-order valence-electron chi connectivity index (χ3n) is 6.48. The van der Waals surface area contributed by atoms with Gasteiger partial charge in [-0.1, -0.05) is 53.9 Å². The molecule has 4 nitrogen and oxygen atoms in total. The Morgan fingerprint density at radius 1 is 1.03 bits per heavy atom. The van der Waals surface area contributed by atoms with Crippen molar-refractivity contribution in [3.05, 3.63) is 69.7 Å². The molecule has 0 spiro atoms. The lowest BCUT2D eigenvalue weighted by atomic mass is 9.74. The molecule has 0 aromatic heterocycles. The van der Waals surface area contributed by atoms with E-state index in [9.17, 15) is 14.7 Å². The normalized spacial score (nSPS) is 24.5. The maximum atomic E-state index is 13.4. The maximum absolute atomic E-state index is 13.4. The first-order valence-electron chi connectivity index (χ1n) is 10.5. The molecule has 2 aliphatic rings. The zero-order chi connectivity index (χ0) is 21.3. The summed E-state index contributed by atoms with van der Waals surface area (Å²) < 4.78 is 0. The van der Waals surface area contributed by atoms with E-state index in [1.807, 2.05) is 53.4 Å². The highest BCUT2D eigenvalue weighted by Crippen LogP contribution is 2.47. The number of piperidine rings is 1. The lowest BCUT2D eigenvalue weighted by Gasteiger charge is -2.47. The number of hydrogen-bond donors (Lipinski definition) is 1. The van der Waals surface area contributed by atoms with E-state index >= 15 is 0 Å². The highest BCUT2D eigenvalue weighted by molar-refractivity contribution is 6.30. The number of aliphatic carboxylic acids is 1.